The standard InChI is InChI=1S/C19H31N3O2/c1-24-14-10-20-16-18-7-5-17(6-8-18)15-19(23)21-9-13-22-11-3-2-4-12-22/h5-8,20H,2-4,9-16H2,1H3,(H,21,23). The fourth-order valence-electron chi connectivity index (χ4n) is 2.97. The smallest absolute Gasteiger partial charge is 0.224 e. The molecule has 0 unspecified atom stereocenters. The Morgan fingerprint density at radius 2 is 1.79 bits per heavy atom. The minimum atomic E-state index is 0.109. The highest BCUT2D eigenvalue weighted by Gasteiger charge is 2.10. The Bertz CT molecular complexity index is 470. The van der Waals surface area contributed by atoms with Crippen LogP contribution in [0.15, 0.2) is 24.3 Å². The van der Waals surface area contributed by atoms with E-state index in [0.717, 1.165) is 38.3 Å². The molecule has 0 saturated carbocycles. The molecule has 0 aromatic heterocycles. The third-order valence-electron chi connectivity index (χ3n) is 4.40. The minimum Gasteiger partial charge on any atom is -0.383 e. The van der Waals surface area contributed by atoms with Gasteiger partial charge in [0.1, 0.15) is 0 Å². The van der Waals surface area contributed by atoms with Crippen molar-refractivity contribution in [1.82, 2.24) is 15.5 Å². The molecule has 1 saturated heterocycles. The van der Waals surface area contributed by atoms with Crippen LogP contribution in [0.1, 0.15) is 30.4 Å². The van der Waals surface area contributed by atoms with Crippen LogP contribution in [0.25, 0.3) is 0 Å². The number of amides is 1. The summed E-state index contributed by atoms with van der Waals surface area (Å²) in [6.07, 6.45) is 4.39. The van der Waals surface area contributed by atoms with Crippen molar-refractivity contribution in [2.75, 3.05) is 46.4 Å². The summed E-state index contributed by atoms with van der Waals surface area (Å²) in [6, 6.07) is 8.24. The summed E-state index contributed by atoms with van der Waals surface area (Å²) in [7, 11) is 1.70. The van der Waals surface area contributed by atoms with Crippen LogP contribution in [0.2, 0.25) is 0 Å². The van der Waals surface area contributed by atoms with E-state index in [1.165, 1.54) is 37.9 Å². The molecule has 0 atom stereocenters. The van der Waals surface area contributed by atoms with Crippen LogP contribution in [-0.2, 0) is 22.5 Å². The van der Waals surface area contributed by atoms with E-state index in [1.807, 2.05) is 12.1 Å². The van der Waals surface area contributed by atoms with E-state index in [9.17, 15) is 4.79 Å². The molecule has 1 amide bonds. The van der Waals surface area contributed by atoms with Crippen LogP contribution >= 0.6 is 0 Å². The number of likely N-dealkylation sites (tertiary alicyclic amines) is 1. The van der Waals surface area contributed by atoms with Crippen LogP contribution < -0.4 is 10.6 Å². The van der Waals surface area contributed by atoms with Gasteiger partial charge in [-0.05, 0) is 37.1 Å². The first-order valence-electron chi connectivity index (χ1n) is 9.04. The lowest BCUT2D eigenvalue weighted by molar-refractivity contribution is -0.120. The van der Waals surface area contributed by atoms with Crippen molar-refractivity contribution >= 4 is 5.91 Å². The molecule has 1 aliphatic heterocycles. The zero-order chi connectivity index (χ0) is 17.0. The van der Waals surface area contributed by atoms with Crippen molar-refractivity contribution in [1.29, 1.82) is 0 Å². The van der Waals surface area contributed by atoms with Gasteiger partial charge < -0.3 is 20.3 Å². The van der Waals surface area contributed by atoms with Gasteiger partial charge >= 0.3 is 0 Å². The third-order valence-corrected chi connectivity index (χ3v) is 4.40. The molecule has 2 N–H and O–H groups in total. The molecular formula is C19H31N3O2. The molecule has 24 heavy (non-hydrogen) atoms. The van der Waals surface area contributed by atoms with Gasteiger partial charge in [-0.3, -0.25) is 4.79 Å². The average molecular weight is 333 g/mol. The quantitative estimate of drug-likeness (QED) is 0.638. The normalized spacial score (nSPS) is 15.4. The Balaban J connectivity index is 1.62. The number of hydrogen-bond donors (Lipinski definition) is 2. The van der Waals surface area contributed by atoms with Gasteiger partial charge in [-0.2, -0.15) is 0 Å². The van der Waals surface area contributed by atoms with Crippen molar-refractivity contribution < 1.29 is 9.53 Å². The number of hydrogen-bond acceptors (Lipinski definition) is 4. The Labute approximate surface area is 145 Å². The number of rotatable bonds is 10. The van der Waals surface area contributed by atoms with Crippen molar-refractivity contribution in [2.24, 2.45) is 0 Å². The number of ether oxygens (including phenoxy) is 1. The lowest BCUT2D eigenvalue weighted by Gasteiger charge is -2.26. The highest BCUT2D eigenvalue weighted by molar-refractivity contribution is 5.78. The fourth-order valence-corrected chi connectivity index (χ4v) is 2.97. The zero-order valence-corrected chi connectivity index (χ0v) is 14.9. The molecular weight excluding hydrogens is 302 g/mol. The van der Waals surface area contributed by atoms with Crippen molar-refractivity contribution in [3.63, 3.8) is 0 Å². The van der Waals surface area contributed by atoms with Crippen molar-refractivity contribution in [3.8, 4) is 0 Å². The van der Waals surface area contributed by atoms with Gasteiger partial charge in [0, 0.05) is 33.3 Å². The molecule has 1 fully saturated rings. The van der Waals surface area contributed by atoms with E-state index in [1.54, 1.807) is 7.11 Å². The molecule has 5 heteroatoms. The second-order valence-electron chi connectivity index (χ2n) is 6.42. The number of nitrogens with zero attached hydrogens (tertiary/aromatic N) is 1. The molecule has 1 aliphatic rings. The maximum Gasteiger partial charge on any atom is 0.224 e. The summed E-state index contributed by atoms with van der Waals surface area (Å²) < 4.78 is 5.00. The van der Waals surface area contributed by atoms with Gasteiger partial charge in [0.05, 0.1) is 13.0 Å². The first kappa shape index (κ1) is 18.9. The minimum absolute atomic E-state index is 0.109. The molecule has 1 aromatic rings. The summed E-state index contributed by atoms with van der Waals surface area (Å²) in [5.74, 6) is 0.109. The number of carbonyl (C=O) groups excluding carboxylic acids is 1. The largest absolute Gasteiger partial charge is 0.383 e. The van der Waals surface area contributed by atoms with E-state index >= 15 is 0 Å². The van der Waals surface area contributed by atoms with Crippen molar-refractivity contribution in [2.45, 2.75) is 32.2 Å². The highest BCUT2D eigenvalue weighted by Crippen LogP contribution is 2.07. The number of piperidine rings is 1. The molecule has 0 radical (unpaired) electrons. The Morgan fingerprint density at radius 3 is 2.50 bits per heavy atom. The molecule has 134 valence electrons. The Morgan fingerprint density at radius 1 is 1.08 bits per heavy atom. The molecule has 1 heterocycles. The van der Waals surface area contributed by atoms with Gasteiger partial charge in [-0.1, -0.05) is 30.7 Å². The highest BCUT2D eigenvalue weighted by atomic mass is 16.5. The van der Waals surface area contributed by atoms with Gasteiger partial charge in [0.2, 0.25) is 5.91 Å². The second-order valence-corrected chi connectivity index (χ2v) is 6.42. The Hall–Kier alpha value is -1.43. The maximum absolute atomic E-state index is 12.0. The number of carbonyl (C=O) groups is 1. The van der Waals surface area contributed by atoms with Crippen molar-refractivity contribution in [3.05, 3.63) is 35.4 Å². The Kier molecular flexibility index (Phi) is 8.81. The molecule has 0 aliphatic carbocycles. The maximum atomic E-state index is 12.0. The van der Waals surface area contributed by atoms with E-state index in [4.69, 9.17) is 4.74 Å². The number of methoxy groups -OCH3 is 1. The topological polar surface area (TPSA) is 53.6 Å². The van der Waals surface area contributed by atoms with E-state index in [2.05, 4.69) is 27.7 Å². The number of nitrogens with one attached hydrogen (secondary N) is 2. The molecule has 1 aromatic carbocycles. The van der Waals surface area contributed by atoms with Crippen LogP contribution in [0.3, 0.4) is 0 Å². The van der Waals surface area contributed by atoms with E-state index in [0.29, 0.717) is 6.42 Å². The van der Waals surface area contributed by atoms with Gasteiger partial charge in [0.15, 0.2) is 0 Å². The predicted molar refractivity (Wildman–Crippen MR) is 97.0 cm³/mol. The van der Waals surface area contributed by atoms with Crippen LogP contribution in [0.4, 0.5) is 0 Å². The molecule has 0 spiro atoms. The van der Waals surface area contributed by atoms with Crippen LogP contribution in [0.5, 0.6) is 0 Å². The van der Waals surface area contributed by atoms with E-state index in [-0.39, 0.29) is 5.91 Å². The molecule has 5 nitrogen and oxygen atoms in total. The lowest BCUT2D eigenvalue weighted by atomic mass is 10.1. The van der Waals surface area contributed by atoms with Crippen LogP contribution in [-0.4, -0.2) is 57.2 Å². The SMILES string of the molecule is COCCNCc1ccc(CC(=O)NCCN2CCCCC2)cc1. The summed E-state index contributed by atoms with van der Waals surface area (Å²) in [6.45, 7) is 6.46. The lowest BCUT2D eigenvalue weighted by Crippen LogP contribution is -2.38. The summed E-state index contributed by atoms with van der Waals surface area (Å²) >= 11 is 0. The van der Waals surface area contributed by atoms with Crippen LogP contribution in [0, 0.1) is 0 Å². The first-order valence-corrected chi connectivity index (χ1v) is 9.04. The summed E-state index contributed by atoms with van der Waals surface area (Å²) in [4.78, 5) is 14.5. The van der Waals surface area contributed by atoms with Gasteiger partial charge in [-0.15, -0.1) is 0 Å². The zero-order valence-electron chi connectivity index (χ0n) is 14.9. The summed E-state index contributed by atoms with van der Waals surface area (Å²) in [5, 5.41) is 6.35. The monoisotopic (exact) mass is 333 g/mol. The van der Waals surface area contributed by atoms with Gasteiger partial charge in [-0.25, -0.2) is 0 Å². The summed E-state index contributed by atoms with van der Waals surface area (Å²) in [5.41, 5.74) is 2.28. The predicted octanol–water partition coefficient (Wildman–Crippen LogP) is 1.57. The van der Waals surface area contributed by atoms with Gasteiger partial charge in [0.25, 0.3) is 0 Å². The molecule has 0 bridgehead atoms. The fraction of sp³-hybridized carbons (Fsp3) is 0.632. The van der Waals surface area contributed by atoms with E-state index < -0.39 is 0 Å². The number of benzene rings is 1. The molecule has 2 rings (SSSR count). The third kappa shape index (κ3) is 7.43. The second kappa shape index (κ2) is 11.2. The first-order chi connectivity index (χ1) is 11.8. The average Bonchev–Trinajstić information content (AvgIpc) is 2.61.